The Morgan fingerprint density at radius 1 is 1.50 bits per heavy atom. The molecule has 0 bridgehead atoms. The van der Waals surface area contributed by atoms with E-state index >= 15 is 0 Å². The third kappa shape index (κ3) is 3.74. The summed E-state index contributed by atoms with van der Waals surface area (Å²) in [7, 11) is 0. The van der Waals surface area contributed by atoms with Gasteiger partial charge in [0.1, 0.15) is 0 Å². The summed E-state index contributed by atoms with van der Waals surface area (Å²) >= 11 is 0. The van der Waals surface area contributed by atoms with Crippen molar-refractivity contribution in [2.75, 3.05) is 6.61 Å². The molecule has 0 heterocycles. The van der Waals surface area contributed by atoms with Crippen LogP contribution >= 0.6 is 0 Å². The molecule has 0 radical (unpaired) electrons. The Hall–Kier alpha value is -2.09. The third-order valence-corrected chi connectivity index (χ3v) is 2.60. The monoisotopic (exact) mass is 248 g/mol. The second-order valence-corrected chi connectivity index (χ2v) is 4.82. The van der Waals surface area contributed by atoms with Gasteiger partial charge in [0.2, 0.25) is 0 Å². The van der Waals surface area contributed by atoms with Gasteiger partial charge in [-0.25, -0.2) is 0 Å². The first-order valence-electron chi connectivity index (χ1n) is 5.65. The number of hydrogen-bond acceptors (Lipinski definition) is 4. The zero-order valence-electron chi connectivity index (χ0n) is 10.8. The van der Waals surface area contributed by atoms with E-state index in [1.807, 2.05) is 0 Å². The van der Waals surface area contributed by atoms with Crippen molar-refractivity contribution in [3.8, 4) is 11.8 Å². The van der Waals surface area contributed by atoms with E-state index in [0.717, 1.165) is 5.56 Å². The second kappa shape index (κ2) is 5.50. The normalized spacial score (nSPS) is 10.8. The lowest BCUT2D eigenvalue weighted by atomic mass is 9.92. The molecule has 96 valence electrons. The molecule has 5 heteroatoms. The molecular weight excluding hydrogens is 232 g/mol. The minimum Gasteiger partial charge on any atom is -0.487 e. The standard InChI is InChI=1S/C13H16N2O3/c1-10-4-5-12(11(8-10)15(16)17)18-7-6-13(2,3)9-14/h4-5,8H,6-7H2,1-3H3. The van der Waals surface area contributed by atoms with Gasteiger partial charge in [-0.15, -0.1) is 0 Å². The highest BCUT2D eigenvalue weighted by Gasteiger charge is 2.19. The second-order valence-electron chi connectivity index (χ2n) is 4.82. The molecule has 0 atom stereocenters. The molecule has 0 saturated heterocycles. The van der Waals surface area contributed by atoms with Crippen LogP contribution in [0, 0.1) is 33.8 Å². The maximum Gasteiger partial charge on any atom is 0.311 e. The molecule has 0 aliphatic carbocycles. The van der Waals surface area contributed by atoms with Crippen LogP contribution in [0.2, 0.25) is 0 Å². The number of hydrogen-bond donors (Lipinski definition) is 0. The summed E-state index contributed by atoms with van der Waals surface area (Å²) in [6.07, 6.45) is 0.522. The molecule has 0 spiro atoms. The van der Waals surface area contributed by atoms with E-state index in [2.05, 4.69) is 6.07 Å². The van der Waals surface area contributed by atoms with Gasteiger partial charge in [0.05, 0.1) is 23.0 Å². The molecule has 0 unspecified atom stereocenters. The minimum atomic E-state index is -0.487. The van der Waals surface area contributed by atoms with Gasteiger partial charge in [-0.1, -0.05) is 6.07 Å². The lowest BCUT2D eigenvalue weighted by molar-refractivity contribution is -0.385. The molecule has 0 aromatic heterocycles. The number of nitriles is 1. The lowest BCUT2D eigenvalue weighted by Crippen LogP contribution is -2.13. The highest BCUT2D eigenvalue weighted by atomic mass is 16.6. The lowest BCUT2D eigenvalue weighted by Gasteiger charge is -2.15. The summed E-state index contributed by atoms with van der Waals surface area (Å²) in [4.78, 5) is 10.4. The summed E-state index contributed by atoms with van der Waals surface area (Å²) in [5, 5.41) is 19.7. The Labute approximate surface area is 106 Å². The Balaban J connectivity index is 2.74. The van der Waals surface area contributed by atoms with E-state index in [-0.39, 0.29) is 18.0 Å². The fourth-order valence-corrected chi connectivity index (χ4v) is 1.36. The van der Waals surface area contributed by atoms with Gasteiger partial charge in [0.15, 0.2) is 5.75 Å². The van der Waals surface area contributed by atoms with Crippen molar-refractivity contribution in [2.45, 2.75) is 27.2 Å². The van der Waals surface area contributed by atoms with Crippen molar-refractivity contribution in [2.24, 2.45) is 5.41 Å². The first-order chi connectivity index (χ1) is 8.35. The highest BCUT2D eigenvalue weighted by molar-refractivity contribution is 5.48. The van der Waals surface area contributed by atoms with Crippen LogP contribution in [0.1, 0.15) is 25.8 Å². The quantitative estimate of drug-likeness (QED) is 0.592. The number of nitro groups is 1. The SMILES string of the molecule is Cc1ccc(OCCC(C)(C)C#N)c([N+](=O)[O-])c1. The van der Waals surface area contributed by atoms with E-state index in [4.69, 9.17) is 10.00 Å². The Bertz CT molecular complexity index is 489. The van der Waals surface area contributed by atoms with E-state index in [1.54, 1.807) is 32.9 Å². The number of rotatable bonds is 5. The van der Waals surface area contributed by atoms with Gasteiger partial charge in [0, 0.05) is 6.07 Å². The number of aryl methyl sites for hydroxylation is 1. The van der Waals surface area contributed by atoms with Gasteiger partial charge in [-0.05, 0) is 38.8 Å². The molecule has 5 nitrogen and oxygen atoms in total. The van der Waals surface area contributed by atoms with Gasteiger partial charge in [0.25, 0.3) is 0 Å². The Kier molecular flexibility index (Phi) is 4.27. The maximum atomic E-state index is 10.9. The van der Waals surface area contributed by atoms with Crippen LogP contribution in [0.3, 0.4) is 0 Å². The molecule has 0 aliphatic rings. The number of nitrogens with zero attached hydrogens (tertiary/aromatic N) is 2. The van der Waals surface area contributed by atoms with Crippen LogP contribution in [-0.2, 0) is 0 Å². The summed E-state index contributed by atoms with van der Waals surface area (Å²) in [6.45, 7) is 5.68. The molecule has 18 heavy (non-hydrogen) atoms. The van der Waals surface area contributed by atoms with Crippen LogP contribution in [0.25, 0.3) is 0 Å². The van der Waals surface area contributed by atoms with Gasteiger partial charge >= 0.3 is 5.69 Å². The van der Waals surface area contributed by atoms with Crippen molar-refractivity contribution in [3.63, 3.8) is 0 Å². The Morgan fingerprint density at radius 2 is 2.17 bits per heavy atom. The van der Waals surface area contributed by atoms with Crippen LogP contribution in [-0.4, -0.2) is 11.5 Å². The van der Waals surface area contributed by atoms with Crippen LogP contribution in [0.4, 0.5) is 5.69 Å². The van der Waals surface area contributed by atoms with E-state index in [9.17, 15) is 10.1 Å². The van der Waals surface area contributed by atoms with Crippen molar-refractivity contribution in [1.82, 2.24) is 0 Å². The number of nitro benzene ring substituents is 1. The largest absolute Gasteiger partial charge is 0.487 e. The van der Waals surface area contributed by atoms with E-state index < -0.39 is 10.3 Å². The zero-order valence-corrected chi connectivity index (χ0v) is 10.8. The highest BCUT2D eigenvalue weighted by Crippen LogP contribution is 2.28. The molecular formula is C13H16N2O3. The summed E-state index contributed by atoms with van der Waals surface area (Å²) in [5.41, 5.74) is 0.288. The predicted octanol–water partition coefficient (Wildman–Crippen LogP) is 3.22. The van der Waals surface area contributed by atoms with Gasteiger partial charge in [-0.3, -0.25) is 10.1 Å². The van der Waals surface area contributed by atoms with Crippen molar-refractivity contribution in [3.05, 3.63) is 33.9 Å². The molecule has 0 amide bonds. The molecule has 0 saturated carbocycles. The van der Waals surface area contributed by atoms with Gasteiger partial charge < -0.3 is 4.74 Å². The van der Waals surface area contributed by atoms with Crippen molar-refractivity contribution < 1.29 is 9.66 Å². The topological polar surface area (TPSA) is 76.2 Å². The average molecular weight is 248 g/mol. The first-order valence-corrected chi connectivity index (χ1v) is 5.65. The molecule has 0 N–H and O–H groups in total. The maximum absolute atomic E-state index is 10.9. The molecule has 1 aromatic rings. The Morgan fingerprint density at radius 3 is 2.72 bits per heavy atom. The zero-order chi connectivity index (χ0) is 13.8. The number of ether oxygens (including phenoxy) is 1. The molecule has 1 aromatic carbocycles. The van der Waals surface area contributed by atoms with Crippen LogP contribution < -0.4 is 4.74 Å². The third-order valence-electron chi connectivity index (χ3n) is 2.60. The predicted molar refractivity (Wildman–Crippen MR) is 67.3 cm³/mol. The van der Waals surface area contributed by atoms with Crippen molar-refractivity contribution >= 4 is 5.69 Å². The van der Waals surface area contributed by atoms with E-state index in [0.29, 0.717) is 6.42 Å². The van der Waals surface area contributed by atoms with Crippen LogP contribution in [0.5, 0.6) is 5.75 Å². The summed E-state index contributed by atoms with van der Waals surface area (Å²) in [5.74, 6) is 0.249. The first kappa shape index (κ1) is 14.0. The fourth-order valence-electron chi connectivity index (χ4n) is 1.36. The van der Waals surface area contributed by atoms with Gasteiger partial charge in [-0.2, -0.15) is 5.26 Å². The smallest absolute Gasteiger partial charge is 0.311 e. The molecule has 1 rings (SSSR count). The van der Waals surface area contributed by atoms with Crippen LogP contribution in [0.15, 0.2) is 18.2 Å². The minimum absolute atomic E-state index is 0.0373. The molecule has 0 fully saturated rings. The summed E-state index contributed by atoms with van der Waals surface area (Å²) < 4.78 is 5.40. The summed E-state index contributed by atoms with van der Waals surface area (Å²) in [6, 6.07) is 6.99. The van der Waals surface area contributed by atoms with E-state index in [1.165, 1.54) is 6.07 Å². The average Bonchev–Trinajstić information content (AvgIpc) is 2.30. The fraction of sp³-hybridized carbons (Fsp3) is 0.462. The number of benzene rings is 1. The van der Waals surface area contributed by atoms with Crippen molar-refractivity contribution in [1.29, 1.82) is 5.26 Å². The molecule has 0 aliphatic heterocycles.